The van der Waals surface area contributed by atoms with Crippen LogP contribution in [0.2, 0.25) is 0 Å². The monoisotopic (exact) mass is 481 g/mol. The SMILES string of the molecule is C[C@@H](N[P@]1(=O)OC[C@H]2[C@@H](O)[C@H](n3ccc(=O)[nH]c3=O)O[C@@H]2CO1)C(=O)OCc1ccccc1. The summed E-state index contributed by atoms with van der Waals surface area (Å²) in [5, 5.41) is 13.2. The number of aliphatic hydroxyl groups excluding tert-OH is 1. The number of hydrogen-bond donors (Lipinski definition) is 3. The highest BCUT2D eigenvalue weighted by Crippen LogP contribution is 2.50. The Morgan fingerprint density at radius 2 is 2.00 bits per heavy atom. The molecule has 0 saturated carbocycles. The third-order valence-electron chi connectivity index (χ3n) is 5.42. The molecule has 0 radical (unpaired) electrons. The van der Waals surface area contributed by atoms with Crippen molar-refractivity contribution in [2.75, 3.05) is 13.2 Å². The van der Waals surface area contributed by atoms with Crippen molar-refractivity contribution in [2.45, 2.75) is 38.0 Å². The number of carbonyl (C=O) groups is 1. The second-order valence-electron chi connectivity index (χ2n) is 7.77. The van der Waals surface area contributed by atoms with Crippen LogP contribution in [0.5, 0.6) is 0 Å². The van der Waals surface area contributed by atoms with Crippen LogP contribution in [0.15, 0.2) is 52.2 Å². The molecule has 0 aliphatic carbocycles. The van der Waals surface area contributed by atoms with Crippen molar-refractivity contribution < 1.29 is 33.0 Å². The van der Waals surface area contributed by atoms with Gasteiger partial charge in [0.05, 0.1) is 19.3 Å². The molecule has 0 bridgehead atoms. The Morgan fingerprint density at radius 1 is 1.27 bits per heavy atom. The molecule has 33 heavy (non-hydrogen) atoms. The average molecular weight is 481 g/mol. The standard InChI is InChI=1S/C20H24N3O9P/c1-12(19(26)29-9-13-5-3-2-4-6-13)22-33(28)30-10-14-15(11-31-33)32-18(17(14)25)23-8-7-16(24)21-20(23)27/h2-8,12,14-15,17-18,25H,9-11H2,1H3,(H,22,28)(H,21,24,27)/t12-,14-,15-,17-,18-,33+/m1/s1. The van der Waals surface area contributed by atoms with E-state index in [0.29, 0.717) is 0 Å². The van der Waals surface area contributed by atoms with Gasteiger partial charge in [0.25, 0.3) is 5.56 Å². The predicted molar refractivity (Wildman–Crippen MR) is 113 cm³/mol. The Kier molecular flexibility index (Phi) is 6.94. The number of aromatic amines is 1. The molecule has 0 spiro atoms. The van der Waals surface area contributed by atoms with Crippen LogP contribution in [-0.4, -0.2) is 52.1 Å². The van der Waals surface area contributed by atoms with Crippen LogP contribution in [-0.2, 0) is 34.5 Å². The number of benzene rings is 1. The van der Waals surface area contributed by atoms with Crippen molar-refractivity contribution >= 4 is 13.7 Å². The van der Waals surface area contributed by atoms with E-state index in [2.05, 4.69) is 10.1 Å². The van der Waals surface area contributed by atoms with E-state index in [-0.39, 0.29) is 19.8 Å². The average Bonchev–Trinajstić information content (AvgIpc) is 3.00. The Balaban J connectivity index is 1.35. The molecule has 3 N–H and O–H groups in total. The fourth-order valence-corrected chi connectivity index (χ4v) is 5.14. The summed E-state index contributed by atoms with van der Waals surface area (Å²) in [5.74, 6) is -1.30. The number of rotatable bonds is 6. The van der Waals surface area contributed by atoms with Gasteiger partial charge in [-0.3, -0.25) is 28.2 Å². The Hall–Kier alpha value is -2.60. The maximum atomic E-state index is 13.0. The highest BCUT2D eigenvalue weighted by molar-refractivity contribution is 7.51. The first-order chi connectivity index (χ1) is 15.8. The van der Waals surface area contributed by atoms with Crippen LogP contribution in [0.25, 0.3) is 0 Å². The van der Waals surface area contributed by atoms with Crippen molar-refractivity contribution in [1.82, 2.24) is 14.6 Å². The molecule has 2 saturated heterocycles. The number of carbonyl (C=O) groups excluding carboxylic acids is 1. The van der Waals surface area contributed by atoms with Gasteiger partial charge in [-0.2, -0.15) is 0 Å². The van der Waals surface area contributed by atoms with Crippen LogP contribution in [0.1, 0.15) is 18.7 Å². The summed E-state index contributed by atoms with van der Waals surface area (Å²) in [6.45, 7) is 1.10. The minimum absolute atomic E-state index is 0.0629. The highest BCUT2D eigenvalue weighted by atomic mass is 31.2. The number of aliphatic hydroxyl groups is 1. The number of nitrogens with zero attached hydrogens (tertiary/aromatic N) is 1. The van der Waals surface area contributed by atoms with Gasteiger partial charge in [-0.25, -0.2) is 14.4 Å². The van der Waals surface area contributed by atoms with Gasteiger partial charge in [-0.15, -0.1) is 0 Å². The molecule has 12 nitrogen and oxygen atoms in total. The third-order valence-corrected chi connectivity index (χ3v) is 7.10. The maximum Gasteiger partial charge on any atom is 0.406 e. The Bertz CT molecular complexity index is 1150. The van der Waals surface area contributed by atoms with Crippen LogP contribution in [0, 0.1) is 5.92 Å². The van der Waals surface area contributed by atoms with Gasteiger partial charge in [-0.1, -0.05) is 30.3 Å². The second kappa shape index (κ2) is 9.72. The summed E-state index contributed by atoms with van der Waals surface area (Å²) in [5.41, 5.74) is -0.505. The van der Waals surface area contributed by atoms with E-state index in [0.717, 1.165) is 16.2 Å². The molecule has 2 fully saturated rings. The number of hydrogen-bond acceptors (Lipinski definition) is 9. The van der Waals surface area contributed by atoms with Crippen molar-refractivity contribution in [3.8, 4) is 0 Å². The van der Waals surface area contributed by atoms with Gasteiger partial charge in [-0.05, 0) is 12.5 Å². The van der Waals surface area contributed by atoms with Gasteiger partial charge in [0.1, 0.15) is 18.8 Å². The molecule has 0 unspecified atom stereocenters. The highest BCUT2D eigenvalue weighted by Gasteiger charge is 2.49. The van der Waals surface area contributed by atoms with Gasteiger partial charge >= 0.3 is 19.4 Å². The number of fused-ring (bicyclic) bond motifs is 1. The van der Waals surface area contributed by atoms with Crippen LogP contribution >= 0.6 is 7.75 Å². The Labute approximate surface area is 188 Å². The minimum atomic E-state index is -3.91. The van der Waals surface area contributed by atoms with E-state index in [4.69, 9.17) is 18.5 Å². The van der Waals surface area contributed by atoms with E-state index >= 15 is 0 Å². The molecular formula is C20H24N3O9P. The van der Waals surface area contributed by atoms with Crippen LogP contribution in [0.4, 0.5) is 0 Å². The first-order valence-electron chi connectivity index (χ1n) is 10.3. The lowest BCUT2D eigenvalue weighted by molar-refractivity contribution is -0.146. The van der Waals surface area contributed by atoms with Gasteiger partial charge in [0.2, 0.25) is 0 Å². The zero-order chi connectivity index (χ0) is 23.6. The summed E-state index contributed by atoms with van der Waals surface area (Å²) in [6, 6.07) is 9.25. The summed E-state index contributed by atoms with van der Waals surface area (Å²) in [6.07, 6.45) is -1.78. The van der Waals surface area contributed by atoms with E-state index in [1.807, 2.05) is 30.3 Å². The number of H-pyrrole nitrogens is 1. The fraction of sp³-hybridized carbons (Fsp3) is 0.450. The lowest BCUT2D eigenvalue weighted by Gasteiger charge is -2.22. The predicted octanol–water partition coefficient (Wildman–Crippen LogP) is 0.288. The molecule has 2 aromatic rings. The molecule has 3 heterocycles. The number of nitrogens with one attached hydrogen (secondary N) is 2. The summed E-state index contributed by atoms with van der Waals surface area (Å²) in [4.78, 5) is 37.7. The van der Waals surface area contributed by atoms with Gasteiger partial charge in [0.15, 0.2) is 6.23 Å². The molecule has 4 rings (SSSR count). The molecule has 2 aliphatic heterocycles. The second-order valence-corrected chi connectivity index (χ2v) is 9.54. The van der Waals surface area contributed by atoms with E-state index < -0.39 is 55.4 Å². The van der Waals surface area contributed by atoms with Crippen molar-refractivity contribution in [3.63, 3.8) is 0 Å². The number of aromatic nitrogens is 2. The zero-order valence-corrected chi connectivity index (χ0v) is 18.6. The van der Waals surface area contributed by atoms with Gasteiger partial charge < -0.3 is 14.6 Å². The minimum Gasteiger partial charge on any atom is -0.460 e. The zero-order valence-electron chi connectivity index (χ0n) is 17.7. The van der Waals surface area contributed by atoms with Crippen LogP contribution in [0.3, 0.4) is 0 Å². The molecule has 0 amide bonds. The maximum absolute atomic E-state index is 13.0. The first-order valence-corrected chi connectivity index (χ1v) is 11.8. The number of ether oxygens (including phenoxy) is 2. The quantitative estimate of drug-likeness (QED) is 0.387. The summed E-state index contributed by atoms with van der Waals surface area (Å²) >= 11 is 0. The Morgan fingerprint density at radius 3 is 2.73 bits per heavy atom. The molecule has 2 aliphatic rings. The van der Waals surface area contributed by atoms with Crippen LogP contribution < -0.4 is 16.3 Å². The van der Waals surface area contributed by atoms with E-state index in [1.165, 1.54) is 13.1 Å². The topological polar surface area (TPSA) is 158 Å². The smallest absolute Gasteiger partial charge is 0.406 e. The van der Waals surface area contributed by atoms with Crippen molar-refractivity contribution in [2.24, 2.45) is 5.92 Å². The summed E-state index contributed by atoms with van der Waals surface area (Å²) in [7, 11) is -3.91. The number of esters is 1. The van der Waals surface area contributed by atoms with E-state index in [9.17, 15) is 24.1 Å². The molecule has 13 heteroatoms. The van der Waals surface area contributed by atoms with Crippen molar-refractivity contribution in [1.29, 1.82) is 0 Å². The third kappa shape index (κ3) is 5.32. The summed E-state index contributed by atoms with van der Waals surface area (Å²) < 4.78 is 35.9. The molecular weight excluding hydrogens is 457 g/mol. The molecule has 1 aromatic carbocycles. The fourth-order valence-electron chi connectivity index (χ4n) is 3.63. The molecule has 6 atom stereocenters. The normalized spacial score (nSPS) is 30.2. The molecule has 178 valence electrons. The largest absolute Gasteiger partial charge is 0.460 e. The molecule has 1 aromatic heterocycles. The lowest BCUT2D eigenvalue weighted by Crippen LogP contribution is -2.37. The van der Waals surface area contributed by atoms with E-state index in [1.54, 1.807) is 0 Å². The lowest BCUT2D eigenvalue weighted by atomic mass is 9.99. The first kappa shape index (κ1) is 23.6. The van der Waals surface area contributed by atoms with Crippen molar-refractivity contribution in [3.05, 3.63) is 69.0 Å². The van der Waals surface area contributed by atoms with Gasteiger partial charge in [0, 0.05) is 18.2 Å².